The second kappa shape index (κ2) is 6.60. The first-order valence-corrected chi connectivity index (χ1v) is 8.91. The molecule has 1 aliphatic carbocycles. The molecule has 0 unspecified atom stereocenters. The summed E-state index contributed by atoms with van der Waals surface area (Å²) in [6, 6.07) is -0.0107. The zero-order valence-electron chi connectivity index (χ0n) is 14.7. The van der Waals surface area contributed by atoms with E-state index >= 15 is 0 Å². The van der Waals surface area contributed by atoms with Gasteiger partial charge in [-0.1, -0.05) is 13.3 Å². The molecule has 0 spiro atoms. The molecule has 27 heavy (non-hydrogen) atoms. The van der Waals surface area contributed by atoms with E-state index in [4.69, 9.17) is 5.11 Å². The van der Waals surface area contributed by atoms with Crippen LogP contribution in [0.1, 0.15) is 55.4 Å². The molecule has 0 saturated heterocycles. The predicted octanol–water partition coefficient (Wildman–Crippen LogP) is 2.70. The molecule has 0 radical (unpaired) electrons. The standard InChI is InChI=1S/C17H19FN6O3/c1-2-9-3-5-11(6-4-9)24-13-12(14(18)22-24)20-17(21-15(13)25)23-8-10(7-19-23)16(26)27/h7-9,11H,2-6H2,1H3,(H,26,27)(H,20,21,25)/t9-,11-. The van der Waals surface area contributed by atoms with Gasteiger partial charge in [-0.3, -0.25) is 4.68 Å². The topological polar surface area (TPSA) is 119 Å². The van der Waals surface area contributed by atoms with Crippen LogP contribution in [0.4, 0.5) is 4.39 Å². The number of fused-ring (bicyclic) bond motifs is 1. The summed E-state index contributed by atoms with van der Waals surface area (Å²) in [5.74, 6) is -1.81. The Hall–Kier alpha value is -3.04. The zero-order valence-corrected chi connectivity index (χ0v) is 14.7. The van der Waals surface area contributed by atoms with Crippen molar-refractivity contribution < 1.29 is 19.4 Å². The fourth-order valence-corrected chi connectivity index (χ4v) is 3.69. The molecule has 2 N–H and O–H groups in total. The van der Waals surface area contributed by atoms with Crippen molar-refractivity contribution in [1.82, 2.24) is 29.5 Å². The average molecular weight is 374 g/mol. The number of hydrogen-bond donors (Lipinski definition) is 2. The molecule has 0 atom stereocenters. The van der Waals surface area contributed by atoms with Crippen molar-refractivity contribution in [2.24, 2.45) is 5.92 Å². The normalized spacial score (nSPS) is 20.2. The van der Waals surface area contributed by atoms with Crippen molar-refractivity contribution >= 4 is 17.0 Å². The molecule has 3 aromatic rings. The highest BCUT2D eigenvalue weighted by Crippen LogP contribution is 2.36. The van der Waals surface area contributed by atoms with Gasteiger partial charge in [-0.05, 0) is 31.6 Å². The first-order chi connectivity index (χ1) is 13.0. The molecule has 9 nitrogen and oxygen atoms in total. The van der Waals surface area contributed by atoms with Gasteiger partial charge in [-0.25, -0.2) is 14.5 Å². The number of carbonyl (C=O) groups is 1. The van der Waals surface area contributed by atoms with E-state index in [1.54, 1.807) is 0 Å². The Bertz CT molecular complexity index is 1010. The molecule has 1 saturated carbocycles. The van der Waals surface area contributed by atoms with Crippen LogP contribution in [-0.4, -0.2) is 45.7 Å². The third-order valence-electron chi connectivity index (χ3n) is 5.25. The van der Waals surface area contributed by atoms with Crippen molar-refractivity contribution in [3.05, 3.63) is 23.9 Å². The summed E-state index contributed by atoms with van der Waals surface area (Å²) in [4.78, 5) is 19.1. The van der Waals surface area contributed by atoms with Gasteiger partial charge in [-0.15, -0.1) is 5.10 Å². The first-order valence-electron chi connectivity index (χ1n) is 8.91. The number of hydrogen-bond acceptors (Lipinski definition) is 6. The average Bonchev–Trinajstić information content (AvgIpc) is 3.28. The van der Waals surface area contributed by atoms with Crippen molar-refractivity contribution in [2.45, 2.75) is 45.1 Å². The third kappa shape index (κ3) is 3.00. The summed E-state index contributed by atoms with van der Waals surface area (Å²) in [5, 5.41) is 27.2. The molecule has 0 amide bonds. The number of nitrogens with zero attached hydrogens (tertiary/aromatic N) is 6. The first kappa shape index (κ1) is 17.4. The van der Waals surface area contributed by atoms with Crippen LogP contribution in [0.15, 0.2) is 12.4 Å². The van der Waals surface area contributed by atoms with Crippen LogP contribution in [0.3, 0.4) is 0 Å². The number of aromatic nitrogens is 6. The Morgan fingerprint density at radius 1 is 1.30 bits per heavy atom. The number of carboxylic acid groups (broad SMARTS) is 1. The quantitative estimate of drug-likeness (QED) is 0.720. The van der Waals surface area contributed by atoms with E-state index in [-0.39, 0.29) is 28.6 Å². The monoisotopic (exact) mass is 374 g/mol. The lowest BCUT2D eigenvalue weighted by Gasteiger charge is -2.28. The minimum atomic E-state index is -1.16. The van der Waals surface area contributed by atoms with Crippen molar-refractivity contribution in [3.8, 4) is 11.8 Å². The van der Waals surface area contributed by atoms with Crippen LogP contribution in [0, 0.1) is 11.9 Å². The van der Waals surface area contributed by atoms with Crippen LogP contribution in [-0.2, 0) is 0 Å². The van der Waals surface area contributed by atoms with Gasteiger partial charge in [0.2, 0.25) is 5.88 Å². The number of rotatable bonds is 4. The van der Waals surface area contributed by atoms with Gasteiger partial charge >= 0.3 is 5.97 Å². The van der Waals surface area contributed by atoms with E-state index in [0.717, 1.165) is 43.0 Å². The van der Waals surface area contributed by atoms with Crippen molar-refractivity contribution in [3.63, 3.8) is 0 Å². The summed E-state index contributed by atoms with van der Waals surface area (Å²) >= 11 is 0. The molecule has 142 valence electrons. The van der Waals surface area contributed by atoms with Crippen LogP contribution in [0.5, 0.6) is 5.88 Å². The Morgan fingerprint density at radius 3 is 2.67 bits per heavy atom. The molecule has 0 aromatic carbocycles. The number of aromatic carboxylic acids is 1. The molecule has 1 fully saturated rings. The van der Waals surface area contributed by atoms with Crippen LogP contribution in [0.25, 0.3) is 17.0 Å². The Morgan fingerprint density at radius 2 is 2.04 bits per heavy atom. The molecule has 4 rings (SSSR count). The van der Waals surface area contributed by atoms with Crippen LogP contribution >= 0.6 is 0 Å². The second-order valence-electron chi connectivity index (χ2n) is 6.84. The summed E-state index contributed by atoms with van der Waals surface area (Å²) in [6.45, 7) is 2.17. The fourth-order valence-electron chi connectivity index (χ4n) is 3.69. The highest BCUT2D eigenvalue weighted by molar-refractivity contribution is 5.87. The van der Waals surface area contributed by atoms with E-state index in [1.807, 2.05) is 0 Å². The Kier molecular flexibility index (Phi) is 4.25. The van der Waals surface area contributed by atoms with Gasteiger partial charge in [0.15, 0.2) is 11.0 Å². The minimum Gasteiger partial charge on any atom is -0.492 e. The van der Waals surface area contributed by atoms with Crippen molar-refractivity contribution in [2.75, 3.05) is 0 Å². The van der Waals surface area contributed by atoms with E-state index in [2.05, 4.69) is 27.1 Å². The number of carboxylic acids is 1. The molecular formula is C17H19FN6O3. The van der Waals surface area contributed by atoms with Gasteiger partial charge in [0.05, 0.1) is 17.8 Å². The highest BCUT2D eigenvalue weighted by atomic mass is 19.1. The van der Waals surface area contributed by atoms with Crippen LogP contribution < -0.4 is 0 Å². The molecule has 0 bridgehead atoms. The molecular weight excluding hydrogens is 355 g/mol. The van der Waals surface area contributed by atoms with Gasteiger partial charge in [0.25, 0.3) is 11.9 Å². The molecule has 3 aromatic heterocycles. The van der Waals surface area contributed by atoms with Gasteiger partial charge < -0.3 is 10.2 Å². The maximum atomic E-state index is 14.5. The molecule has 0 aliphatic heterocycles. The minimum absolute atomic E-state index is 0.0107. The number of halogens is 1. The summed E-state index contributed by atoms with van der Waals surface area (Å²) in [7, 11) is 0. The van der Waals surface area contributed by atoms with Gasteiger partial charge in [-0.2, -0.15) is 14.5 Å². The van der Waals surface area contributed by atoms with E-state index < -0.39 is 17.8 Å². The van der Waals surface area contributed by atoms with Gasteiger partial charge in [0, 0.05) is 6.20 Å². The Labute approximate surface area is 153 Å². The number of aromatic hydroxyl groups is 1. The summed E-state index contributed by atoms with van der Waals surface area (Å²) < 4.78 is 17.0. The molecule has 1 aliphatic rings. The summed E-state index contributed by atoms with van der Waals surface area (Å²) in [5.41, 5.74) is -0.0219. The van der Waals surface area contributed by atoms with E-state index in [1.165, 1.54) is 10.9 Å². The Balaban J connectivity index is 1.73. The molecule has 10 heteroatoms. The lowest BCUT2D eigenvalue weighted by atomic mass is 9.84. The smallest absolute Gasteiger partial charge is 0.338 e. The lowest BCUT2D eigenvalue weighted by Crippen LogP contribution is -2.19. The fraction of sp³-hybridized carbons (Fsp3) is 0.471. The van der Waals surface area contributed by atoms with E-state index in [9.17, 15) is 14.3 Å². The van der Waals surface area contributed by atoms with Crippen LogP contribution in [0.2, 0.25) is 0 Å². The second-order valence-corrected chi connectivity index (χ2v) is 6.84. The maximum Gasteiger partial charge on any atom is 0.338 e. The van der Waals surface area contributed by atoms with Crippen molar-refractivity contribution in [1.29, 1.82) is 0 Å². The predicted molar refractivity (Wildman–Crippen MR) is 92.3 cm³/mol. The lowest BCUT2D eigenvalue weighted by molar-refractivity contribution is 0.0697. The van der Waals surface area contributed by atoms with E-state index in [0.29, 0.717) is 5.92 Å². The van der Waals surface area contributed by atoms with Gasteiger partial charge in [0.1, 0.15) is 0 Å². The third-order valence-corrected chi connectivity index (χ3v) is 5.25. The highest BCUT2D eigenvalue weighted by Gasteiger charge is 2.27. The largest absolute Gasteiger partial charge is 0.492 e. The summed E-state index contributed by atoms with van der Waals surface area (Å²) in [6.07, 6.45) is 7.23. The maximum absolute atomic E-state index is 14.5. The molecule has 3 heterocycles. The SMILES string of the molecule is CC[C@H]1CC[C@H](n2nc(F)c3nc(-n4cc(C(=O)O)cn4)nc(O)c32)CC1. The zero-order chi connectivity index (χ0) is 19.1.